The summed E-state index contributed by atoms with van der Waals surface area (Å²) in [6.07, 6.45) is 0.184. The number of piperazine rings is 1. The Morgan fingerprint density at radius 2 is 1.68 bits per heavy atom. The second-order valence-electron chi connectivity index (χ2n) is 7.83. The Balaban J connectivity index is 0.00000480. The first-order chi connectivity index (χ1) is 14.2. The maximum Gasteiger partial charge on any atom is 0.216 e. The van der Waals surface area contributed by atoms with Crippen LogP contribution < -0.4 is 10.1 Å². The fraction of sp³-hybridized carbons (Fsp3) is 0.667. The van der Waals surface area contributed by atoms with Gasteiger partial charge in [-0.2, -0.15) is 4.31 Å². The molecule has 0 aromatic heterocycles. The summed E-state index contributed by atoms with van der Waals surface area (Å²) >= 11 is 0. The maximum atomic E-state index is 12.5. The highest BCUT2D eigenvalue weighted by molar-refractivity contribution is 14.0. The van der Waals surface area contributed by atoms with Gasteiger partial charge in [0, 0.05) is 39.8 Å². The molecule has 0 amide bonds. The zero-order chi connectivity index (χ0) is 22.1. The molecular weight excluding hydrogens is 531 g/mol. The van der Waals surface area contributed by atoms with Gasteiger partial charge in [0.2, 0.25) is 10.0 Å². The molecule has 1 fully saturated rings. The number of nitrogens with one attached hydrogen (secondary N) is 1. The molecule has 0 spiro atoms. The van der Waals surface area contributed by atoms with Gasteiger partial charge in [-0.15, -0.1) is 24.0 Å². The topological polar surface area (TPSA) is 83.5 Å². The first kappa shape index (κ1) is 27.9. The zero-order valence-corrected chi connectivity index (χ0v) is 22.4. The van der Waals surface area contributed by atoms with E-state index in [2.05, 4.69) is 15.2 Å². The lowest BCUT2D eigenvalue weighted by molar-refractivity contribution is 0.0904. The quantitative estimate of drug-likeness (QED) is 0.280. The van der Waals surface area contributed by atoms with Crippen molar-refractivity contribution in [3.8, 4) is 5.75 Å². The summed E-state index contributed by atoms with van der Waals surface area (Å²) in [6, 6.07) is 7.99. The largest absolute Gasteiger partial charge is 0.491 e. The van der Waals surface area contributed by atoms with Crippen LogP contribution in [0.5, 0.6) is 5.75 Å². The van der Waals surface area contributed by atoms with Crippen LogP contribution in [0.25, 0.3) is 0 Å². The third-order valence-corrected chi connectivity index (χ3v) is 6.52. The molecule has 1 aliphatic heterocycles. The van der Waals surface area contributed by atoms with Gasteiger partial charge in [0.1, 0.15) is 5.75 Å². The number of rotatable bonds is 9. The molecule has 2 rings (SSSR count). The van der Waals surface area contributed by atoms with E-state index in [0.29, 0.717) is 32.7 Å². The highest BCUT2D eigenvalue weighted by atomic mass is 127. The van der Waals surface area contributed by atoms with Crippen LogP contribution in [0.3, 0.4) is 0 Å². The summed E-state index contributed by atoms with van der Waals surface area (Å²) in [5.74, 6) is 1.65. The summed E-state index contributed by atoms with van der Waals surface area (Å²) in [5, 5.41) is 3.36. The van der Waals surface area contributed by atoms with Crippen molar-refractivity contribution in [3.05, 3.63) is 29.8 Å². The molecule has 0 saturated carbocycles. The Labute approximate surface area is 204 Å². The molecule has 10 heteroatoms. The van der Waals surface area contributed by atoms with Crippen LogP contribution in [-0.2, 0) is 21.3 Å². The third kappa shape index (κ3) is 9.50. The van der Waals surface area contributed by atoms with Gasteiger partial charge in [-0.3, -0.25) is 4.99 Å². The van der Waals surface area contributed by atoms with E-state index in [1.165, 1.54) is 0 Å². The van der Waals surface area contributed by atoms with E-state index in [4.69, 9.17) is 9.47 Å². The summed E-state index contributed by atoms with van der Waals surface area (Å²) in [7, 11) is -1.55. The van der Waals surface area contributed by atoms with Crippen LogP contribution in [0.4, 0.5) is 0 Å². The van der Waals surface area contributed by atoms with Crippen molar-refractivity contribution in [1.82, 2.24) is 14.5 Å². The number of hydrogen-bond acceptors (Lipinski definition) is 5. The monoisotopic (exact) mass is 568 g/mol. The minimum Gasteiger partial charge on any atom is -0.491 e. The van der Waals surface area contributed by atoms with Crippen molar-refractivity contribution in [2.75, 3.05) is 45.6 Å². The van der Waals surface area contributed by atoms with E-state index in [9.17, 15) is 8.42 Å². The second kappa shape index (κ2) is 13.4. The standard InChI is InChI=1S/C21H36N4O4S.HI/c1-17(2)28-14-15-30(26,27)25-12-10-24(11-13-25)21(22-5)23-16-19-6-8-20(9-7-19)29-18(3)4;/h6-9,17-18H,10-16H2,1-5H3,(H,22,23);1H. The highest BCUT2D eigenvalue weighted by Crippen LogP contribution is 2.14. The number of aliphatic imine (C=N–C) groups is 1. The maximum absolute atomic E-state index is 12.5. The molecule has 31 heavy (non-hydrogen) atoms. The van der Waals surface area contributed by atoms with Gasteiger partial charge in [0.15, 0.2) is 5.96 Å². The smallest absolute Gasteiger partial charge is 0.216 e. The minimum absolute atomic E-state index is 0. The Morgan fingerprint density at radius 1 is 1.06 bits per heavy atom. The Kier molecular flexibility index (Phi) is 12.1. The number of guanidine groups is 1. The van der Waals surface area contributed by atoms with Crippen molar-refractivity contribution in [2.24, 2.45) is 4.99 Å². The predicted octanol–water partition coefficient (Wildman–Crippen LogP) is 2.54. The molecule has 1 heterocycles. The summed E-state index contributed by atoms with van der Waals surface area (Å²) in [6.45, 7) is 10.8. The molecule has 1 aromatic rings. The average molecular weight is 569 g/mol. The van der Waals surface area contributed by atoms with E-state index >= 15 is 0 Å². The van der Waals surface area contributed by atoms with Crippen molar-refractivity contribution >= 4 is 40.0 Å². The van der Waals surface area contributed by atoms with E-state index in [0.717, 1.165) is 17.3 Å². The Morgan fingerprint density at radius 3 is 2.19 bits per heavy atom. The fourth-order valence-electron chi connectivity index (χ4n) is 3.17. The normalized spacial score (nSPS) is 15.8. The lowest BCUT2D eigenvalue weighted by atomic mass is 10.2. The molecule has 0 atom stereocenters. The van der Waals surface area contributed by atoms with E-state index in [1.807, 2.05) is 52.0 Å². The van der Waals surface area contributed by atoms with Gasteiger partial charge >= 0.3 is 0 Å². The zero-order valence-electron chi connectivity index (χ0n) is 19.2. The molecule has 0 bridgehead atoms. The molecule has 0 radical (unpaired) electrons. The van der Waals surface area contributed by atoms with Crippen molar-refractivity contribution in [1.29, 1.82) is 0 Å². The van der Waals surface area contributed by atoms with Crippen LogP contribution in [0.2, 0.25) is 0 Å². The summed E-state index contributed by atoms with van der Waals surface area (Å²) < 4.78 is 37.6. The number of ether oxygens (including phenoxy) is 2. The number of nitrogens with zero attached hydrogens (tertiary/aromatic N) is 3. The van der Waals surface area contributed by atoms with Gasteiger partial charge in [-0.1, -0.05) is 12.1 Å². The third-order valence-electron chi connectivity index (χ3n) is 4.68. The molecule has 8 nitrogen and oxygen atoms in total. The summed E-state index contributed by atoms with van der Waals surface area (Å²) in [5.41, 5.74) is 1.12. The van der Waals surface area contributed by atoms with E-state index in [1.54, 1.807) is 11.4 Å². The lowest BCUT2D eigenvalue weighted by Crippen LogP contribution is -2.54. The number of halogens is 1. The molecular formula is C21H37IN4O4S. The molecule has 1 N–H and O–H groups in total. The molecule has 1 aliphatic rings. The van der Waals surface area contributed by atoms with Gasteiger partial charge in [0.05, 0.1) is 24.6 Å². The second-order valence-corrected chi connectivity index (χ2v) is 9.92. The number of hydrogen-bond donors (Lipinski definition) is 1. The van der Waals surface area contributed by atoms with Crippen molar-refractivity contribution < 1.29 is 17.9 Å². The molecule has 1 aromatic carbocycles. The Bertz CT molecular complexity index is 777. The molecule has 178 valence electrons. The molecule has 1 saturated heterocycles. The van der Waals surface area contributed by atoms with Gasteiger partial charge in [0.25, 0.3) is 0 Å². The summed E-state index contributed by atoms with van der Waals surface area (Å²) in [4.78, 5) is 6.45. The molecule has 0 aliphatic carbocycles. The first-order valence-electron chi connectivity index (χ1n) is 10.5. The van der Waals surface area contributed by atoms with Crippen LogP contribution in [0.1, 0.15) is 33.3 Å². The van der Waals surface area contributed by atoms with Crippen molar-refractivity contribution in [3.63, 3.8) is 0 Å². The Hall–Kier alpha value is -1.11. The van der Waals surface area contributed by atoms with Crippen LogP contribution in [-0.4, -0.2) is 81.4 Å². The highest BCUT2D eigenvalue weighted by Gasteiger charge is 2.27. The van der Waals surface area contributed by atoms with Crippen LogP contribution >= 0.6 is 24.0 Å². The molecule has 0 unspecified atom stereocenters. The SMILES string of the molecule is CN=C(NCc1ccc(OC(C)C)cc1)N1CCN(S(=O)(=O)CCOC(C)C)CC1.I. The number of benzene rings is 1. The van der Waals surface area contributed by atoms with Gasteiger partial charge < -0.3 is 19.7 Å². The number of sulfonamides is 1. The van der Waals surface area contributed by atoms with E-state index in [-0.39, 0.29) is 48.5 Å². The average Bonchev–Trinajstić information content (AvgIpc) is 2.69. The fourth-order valence-corrected chi connectivity index (χ4v) is 4.45. The van der Waals surface area contributed by atoms with E-state index < -0.39 is 10.0 Å². The van der Waals surface area contributed by atoms with Crippen LogP contribution in [0, 0.1) is 0 Å². The minimum atomic E-state index is -3.29. The van der Waals surface area contributed by atoms with Gasteiger partial charge in [-0.25, -0.2) is 8.42 Å². The van der Waals surface area contributed by atoms with Gasteiger partial charge in [-0.05, 0) is 45.4 Å². The first-order valence-corrected chi connectivity index (χ1v) is 12.1. The van der Waals surface area contributed by atoms with Crippen molar-refractivity contribution in [2.45, 2.75) is 46.4 Å². The van der Waals surface area contributed by atoms with Crippen LogP contribution in [0.15, 0.2) is 29.3 Å². The lowest BCUT2D eigenvalue weighted by Gasteiger charge is -2.35. The predicted molar refractivity (Wildman–Crippen MR) is 136 cm³/mol.